The van der Waals surface area contributed by atoms with E-state index in [1.165, 1.54) is 6.42 Å². The van der Waals surface area contributed by atoms with Crippen molar-refractivity contribution in [3.05, 3.63) is 59.8 Å². The molecular formula is C25H24N6. The maximum atomic E-state index is 9.65. The molecule has 0 aromatic carbocycles. The van der Waals surface area contributed by atoms with Crippen LogP contribution in [0.5, 0.6) is 0 Å². The van der Waals surface area contributed by atoms with Crippen molar-refractivity contribution >= 4 is 5.82 Å². The lowest BCUT2D eigenvalue weighted by molar-refractivity contribution is 0.444. The summed E-state index contributed by atoms with van der Waals surface area (Å²) in [7, 11) is 0. The summed E-state index contributed by atoms with van der Waals surface area (Å²) in [6.45, 7) is 5.65. The molecule has 0 radical (unpaired) electrons. The predicted octanol–water partition coefficient (Wildman–Crippen LogP) is 5.15. The number of hydrogen-bond acceptors (Lipinski definition) is 6. The van der Waals surface area contributed by atoms with Crippen molar-refractivity contribution in [2.24, 2.45) is 0 Å². The molecular weight excluding hydrogens is 384 g/mol. The van der Waals surface area contributed by atoms with E-state index in [0.29, 0.717) is 17.4 Å². The number of pyridine rings is 3. The summed E-state index contributed by atoms with van der Waals surface area (Å²) in [6, 6.07) is 12.8. The third-order valence-electron chi connectivity index (χ3n) is 5.87. The molecule has 1 saturated carbocycles. The fourth-order valence-electron chi connectivity index (χ4n) is 3.55. The standard InChI is InChI=1S/C25H24N6/c1-16-22(20-9-18(12-26)24(30-14-20)31-21-5-4-6-21)10-19(13-29-16)17-7-8-28-23(11-17)25(2,3)15-27/h7-11,13-14,21H,4-6H2,1-3H3,(H,30,31). The minimum atomic E-state index is -0.675. The van der Waals surface area contributed by atoms with E-state index in [4.69, 9.17) is 0 Å². The van der Waals surface area contributed by atoms with E-state index < -0.39 is 5.41 Å². The van der Waals surface area contributed by atoms with Gasteiger partial charge in [0.15, 0.2) is 0 Å². The highest BCUT2D eigenvalue weighted by atomic mass is 15.0. The van der Waals surface area contributed by atoms with Crippen molar-refractivity contribution in [3.8, 4) is 34.4 Å². The van der Waals surface area contributed by atoms with Crippen molar-refractivity contribution < 1.29 is 0 Å². The number of nitrogens with one attached hydrogen (secondary N) is 1. The number of aryl methyl sites for hydroxylation is 1. The molecule has 1 aliphatic carbocycles. The average molecular weight is 409 g/mol. The molecule has 0 amide bonds. The van der Waals surface area contributed by atoms with E-state index >= 15 is 0 Å². The minimum absolute atomic E-state index is 0.413. The van der Waals surface area contributed by atoms with E-state index in [1.807, 2.05) is 45.2 Å². The topological polar surface area (TPSA) is 98.3 Å². The molecule has 1 aliphatic rings. The Balaban J connectivity index is 1.72. The zero-order valence-electron chi connectivity index (χ0n) is 18.0. The molecule has 154 valence electrons. The van der Waals surface area contributed by atoms with Crippen LogP contribution in [0.2, 0.25) is 0 Å². The molecule has 0 unspecified atom stereocenters. The summed E-state index contributed by atoms with van der Waals surface area (Å²) in [5.74, 6) is 0.648. The first kappa shape index (κ1) is 20.5. The number of aromatic nitrogens is 3. The van der Waals surface area contributed by atoms with E-state index in [-0.39, 0.29) is 0 Å². The molecule has 6 heteroatoms. The largest absolute Gasteiger partial charge is 0.366 e. The first-order valence-electron chi connectivity index (χ1n) is 10.4. The number of nitrogens with zero attached hydrogens (tertiary/aromatic N) is 5. The summed E-state index contributed by atoms with van der Waals surface area (Å²) in [4.78, 5) is 13.5. The number of hydrogen-bond donors (Lipinski definition) is 1. The molecule has 0 spiro atoms. The fourth-order valence-corrected chi connectivity index (χ4v) is 3.55. The van der Waals surface area contributed by atoms with Gasteiger partial charge in [-0.15, -0.1) is 0 Å². The number of nitriles is 2. The average Bonchev–Trinajstić information content (AvgIpc) is 2.76. The van der Waals surface area contributed by atoms with Gasteiger partial charge in [0.1, 0.15) is 11.9 Å². The second-order valence-electron chi connectivity index (χ2n) is 8.53. The van der Waals surface area contributed by atoms with Crippen LogP contribution in [0.15, 0.2) is 42.9 Å². The van der Waals surface area contributed by atoms with Gasteiger partial charge >= 0.3 is 0 Å². The SMILES string of the molecule is Cc1ncc(-c2ccnc(C(C)(C)C#N)c2)cc1-c1cnc(NC2CCC2)c(C#N)c1. The van der Waals surface area contributed by atoms with E-state index in [0.717, 1.165) is 46.5 Å². The molecule has 0 atom stereocenters. The van der Waals surface area contributed by atoms with Gasteiger partial charge in [-0.05, 0) is 69.9 Å². The molecule has 3 aromatic heterocycles. The van der Waals surface area contributed by atoms with Gasteiger partial charge in [-0.2, -0.15) is 10.5 Å². The summed E-state index contributed by atoms with van der Waals surface area (Å²) in [6.07, 6.45) is 8.80. The smallest absolute Gasteiger partial charge is 0.144 e. The Morgan fingerprint density at radius 1 is 1.00 bits per heavy atom. The molecule has 0 bridgehead atoms. The van der Waals surface area contributed by atoms with Gasteiger partial charge < -0.3 is 5.32 Å². The van der Waals surface area contributed by atoms with Gasteiger partial charge in [-0.3, -0.25) is 9.97 Å². The first-order valence-corrected chi connectivity index (χ1v) is 10.4. The second-order valence-corrected chi connectivity index (χ2v) is 8.53. The second kappa shape index (κ2) is 8.16. The minimum Gasteiger partial charge on any atom is -0.366 e. The lowest BCUT2D eigenvalue weighted by Crippen LogP contribution is -2.27. The highest BCUT2D eigenvalue weighted by Crippen LogP contribution is 2.32. The van der Waals surface area contributed by atoms with E-state index in [9.17, 15) is 10.5 Å². The van der Waals surface area contributed by atoms with Crippen LogP contribution in [0.1, 0.15) is 50.1 Å². The van der Waals surface area contributed by atoms with Crippen molar-refractivity contribution in [1.29, 1.82) is 10.5 Å². The van der Waals surface area contributed by atoms with Crippen LogP contribution in [0.25, 0.3) is 22.3 Å². The number of rotatable bonds is 5. The third kappa shape index (κ3) is 4.11. The van der Waals surface area contributed by atoms with Gasteiger partial charge in [-0.1, -0.05) is 0 Å². The summed E-state index contributed by atoms with van der Waals surface area (Å²) < 4.78 is 0. The Bertz CT molecular complexity index is 1210. The fraction of sp³-hybridized carbons (Fsp3) is 0.320. The van der Waals surface area contributed by atoms with Crippen LogP contribution in [0, 0.1) is 29.6 Å². The Kier molecular flexibility index (Phi) is 5.40. The molecule has 3 aromatic rings. The molecule has 0 aliphatic heterocycles. The first-order chi connectivity index (χ1) is 14.9. The monoisotopic (exact) mass is 408 g/mol. The summed E-state index contributed by atoms with van der Waals surface area (Å²) in [5.41, 5.74) is 5.09. The van der Waals surface area contributed by atoms with Crippen molar-refractivity contribution in [2.45, 2.75) is 51.5 Å². The molecule has 6 nitrogen and oxygen atoms in total. The van der Waals surface area contributed by atoms with Crippen LogP contribution >= 0.6 is 0 Å². The maximum Gasteiger partial charge on any atom is 0.144 e. The van der Waals surface area contributed by atoms with Gasteiger partial charge in [0, 0.05) is 47.0 Å². The van der Waals surface area contributed by atoms with Crippen LogP contribution in [0.4, 0.5) is 5.82 Å². The Morgan fingerprint density at radius 2 is 1.77 bits per heavy atom. The Morgan fingerprint density at radius 3 is 2.45 bits per heavy atom. The Labute approximate surface area is 182 Å². The maximum absolute atomic E-state index is 9.65. The molecule has 1 fully saturated rings. The van der Waals surface area contributed by atoms with Crippen LogP contribution in [0.3, 0.4) is 0 Å². The van der Waals surface area contributed by atoms with Crippen LogP contribution < -0.4 is 5.32 Å². The van der Waals surface area contributed by atoms with E-state index in [1.54, 1.807) is 12.4 Å². The molecule has 0 saturated heterocycles. The normalized spacial score (nSPS) is 13.7. The zero-order chi connectivity index (χ0) is 22.0. The van der Waals surface area contributed by atoms with Gasteiger partial charge in [0.25, 0.3) is 0 Å². The molecule has 3 heterocycles. The molecule has 4 rings (SSSR count). The quantitative estimate of drug-likeness (QED) is 0.627. The zero-order valence-corrected chi connectivity index (χ0v) is 18.0. The molecule has 31 heavy (non-hydrogen) atoms. The lowest BCUT2D eigenvalue weighted by atomic mass is 9.89. The highest BCUT2D eigenvalue weighted by molar-refractivity contribution is 5.75. The van der Waals surface area contributed by atoms with Crippen LogP contribution in [-0.2, 0) is 5.41 Å². The number of anilines is 1. The summed E-state index contributed by atoms with van der Waals surface area (Å²) in [5, 5.41) is 22.5. The predicted molar refractivity (Wildman–Crippen MR) is 120 cm³/mol. The summed E-state index contributed by atoms with van der Waals surface area (Å²) >= 11 is 0. The van der Waals surface area contributed by atoms with Gasteiger partial charge in [0.05, 0.1) is 22.7 Å². The highest BCUT2D eigenvalue weighted by Gasteiger charge is 2.22. The third-order valence-corrected chi connectivity index (χ3v) is 5.87. The van der Waals surface area contributed by atoms with E-state index in [2.05, 4.69) is 38.5 Å². The van der Waals surface area contributed by atoms with Gasteiger partial charge in [-0.25, -0.2) is 4.98 Å². The molecule has 1 N–H and O–H groups in total. The Hall–Kier alpha value is -3.77. The lowest BCUT2D eigenvalue weighted by Gasteiger charge is -2.27. The van der Waals surface area contributed by atoms with Crippen molar-refractivity contribution in [2.75, 3.05) is 5.32 Å². The van der Waals surface area contributed by atoms with Crippen LogP contribution in [-0.4, -0.2) is 21.0 Å². The van der Waals surface area contributed by atoms with Crippen molar-refractivity contribution in [3.63, 3.8) is 0 Å². The van der Waals surface area contributed by atoms with Crippen molar-refractivity contribution in [1.82, 2.24) is 15.0 Å². The van der Waals surface area contributed by atoms with Gasteiger partial charge in [0.2, 0.25) is 0 Å².